The molecule has 0 bridgehead atoms. The van der Waals surface area contributed by atoms with Crippen LogP contribution in [0.2, 0.25) is 0 Å². The first-order valence-electron chi connectivity index (χ1n) is 0.136. The first kappa shape index (κ1) is 17.7. The van der Waals surface area contributed by atoms with E-state index in [1.165, 1.54) is 0 Å². The van der Waals surface area contributed by atoms with E-state index in [4.69, 9.17) is 3.87 Å². The fraction of sp³-hybridized carbons (Fsp3) is 0. The third-order valence-electron chi connectivity index (χ3n) is 0. The zero-order chi connectivity index (χ0) is 2.00. The third kappa shape index (κ3) is 9.66. The SMILES string of the molecule is [Ca+2].[O-2].[O]=[Co]. The molecule has 0 aliphatic carbocycles. The molecule has 0 atom stereocenters. The molecular formula is CaCoO2. The molecule has 0 spiro atoms. The van der Waals surface area contributed by atoms with Gasteiger partial charge in [-0.3, -0.25) is 0 Å². The van der Waals surface area contributed by atoms with Gasteiger partial charge in [-0.2, -0.15) is 0 Å². The molecule has 0 heterocycles. The average Bonchev–Trinajstić information content (AvgIpc) is 1.00. The summed E-state index contributed by atoms with van der Waals surface area (Å²) in [7, 11) is 0. The molecule has 0 N–H and O–H groups in total. The Morgan fingerprint density at radius 2 is 1.25 bits per heavy atom. The first-order valence-corrected chi connectivity index (χ1v) is 0.561. The molecule has 0 aromatic carbocycles. The molecular weight excluding hydrogens is 131 g/mol. The van der Waals surface area contributed by atoms with E-state index in [9.17, 15) is 0 Å². The van der Waals surface area contributed by atoms with Gasteiger partial charge in [0.2, 0.25) is 0 Å². The molecule has 0 fully saturated rings. The van der Waals surface area contributed by atoms with Crippen molar-refractivity contribution >= 4 is 37.7 Å². The van der Waals surface area contributed by atoms with Gasteiger partial charge in [0, 0.05) is 0 Å². The van der Waals surface area contributed by atoms with Crippen molar-refractivity contribution in [2.24, 2.45) is 0 Å². The fourth-order valence-electron chi connectivity index (χ4n) is 0. The second kappa shape index (κ2) is 24.2. The zero-order valence-electron chi connectivity index (χ0n) is 1.86. The van der Waals surface area contributed by atoms with Crippen LogP contribution in [0.25, 0.3) is 0 Å². The van der Waals surface area contributed by atoms with Crippen LogP contribution in [-0.2, 0) is 25.0 Å². The minimum atomic E-state index is 0. The van der Waals surface area contributed by atoms with Crippen LogP contribution in [0.15, 0.2) is 0 Å². The van der Waals surface area contributed by atoms with Crippen molar-refractivity contribution in [1.29, 1.82) is 0 Å². The van der Waals surface area contributed by atoms with Gasteiger partial charge in [-0.05, 0) is 0 Å². The Morgan fingerprint density at radius 1 is 1.25 bits per heavy atom. The quantitative estimate of drug-likeness (QED) is 0.404. The van der Waals surface area contributed by atoms with Gasteiger partial charge in [0.25, 0.3) is 0 Å². The molecule has 0 aromatic heterocycles. The van der Waals surface area contributed by atoms with Crippen LogP contribution < -0.4 is 0 Å². The predicted octanol–water partition coefficient (Wildman–Crippen LogP) is -0.621. The normalized spacial score (nSPS) is 1.25. The van der Waals surface area contributed by atoms with E-state index in [1.807, 2.05) is 0 Å². The Hall–Kier alpha value is 1.53. The Labute approximate surface area is 62.0 Å². The molecule has 0 amide bonds. The summed E-state index contributed by atoms with van der Waals surface area (Å²) < 4.78 is 7.94. The maximum absolute atomic E-state index is 7.94. The fourth-order valence-corrected chi connectivity index (χ4v) is 0. The summed E-state index contributed by atoms with van der Waals surface area (Å²) in [5.41, 5.74) is 0. The van der Waals surface area contributed by atoms with Gasteiger partial charge in [-0.1, -0.05) is 0 Å². The summed E-state index contributed by atoms with van der Waals surface area (Å²) in [4.78, 5) is 0. The van der Waals surface area contributed by atoms with Gasteiger partial charge in [0.1, 0.15) is 0 Å². The third-order valence-corrected chi connectivity index (χ3v) is 0. The van der Waals surface area contributed by atoms with Gasteiger partial charge < -0.3 is 5.48 Å². The maximum atomic E-state index is 7.94. The molecule has 0 aromatic rings. The molecule has 0 aliphatic rings. The monoisotopic (exact) mass is 131 g/mol. The van der Waals surface area contributed by atoms with Crippen LogP contribution in [0.1, 0.15) is 0 Å². The van der Waals surface area contributed by atoms with E-state index in [0.29, 0.717) is 0 Å². The van der Waals surface area contributed by atoms with E-state index >= 15 is 0 Å². The van der Waals surface area contributed by atoms with Gasteiger partial charge in [-0.25, -0.2) is 0 Å². The van der Waals surface area contributed by atoms with Crippen molar-refractivity contribution in [1.82, 2.24) is 0 Å². The Bertz CT molecular complexity index is 6.00. The van der Waals surface area contributed by atoms with Crippen LogP contribution in [0.4, 0.5) is 0 Å². The summed E-state index contributed by atoms with van der Waals surface area (Å²) in [6, 6.07) is 0. The first-order chi connectivity index (χ1) is 1.00. The molecule has 0 saturated heterocycles. The van der Waals surface area contributed by atoms with Gasteiger partial charge in [0.05, 0.1) is 0 Å². The molecule has 0 rings (SSSR count). The standard InChI is InChI=1S/Ca.Co.2O/q+2;;;-2. The van der Waals surface area contributed by atoms with Crippen LogP contribution in [-0.4, -0.2) is 37.7 Å². The summed E-state index contributed by atoms with van der Waals surface area (Å²) in [5.74, 6) is 0. The van der Waals surface area contributed by atoms with E-state index in [1.54, 1.807) is 0 Å². The second-order valence-corrected chi connectivity index (χ2v) is 0. The molecule has 4 heavy (non-hydrogen) atoms. The van der Waals surface area contributed by atoms with E-state index in [2.05, 4.69) is 15.7 Å². The number of rotatable bonds is 0. The second-order valence-electron chi connectivity index (χ2n) is 0. The molecule has 0 aliphatic heterocycles. The molecule has 0 unspecified atom stereocenters. The van der Waals surface area contributed by atoms with E-state index < -0.39 is 0 Å². The summed E-state index contributed by atoms with van der Waals surface area (Å²) >= 11 is 2.31. The summed E-state index contributed by atoms with van der Waals surface area (Å²) in [6.45, 7) is 0. The van der Waals surface area contributed by atoms with Crippen molar-refractivity contribution in [3.05, 3.63) is 0 Å². The van der Waals surface area contributed by atoms with Crippen LogP contribution in [0.5, 0.6) is 0 Å². The van der Waals surface area contributed by atoms with E-state index in [-0.39, 0.29) is 43.2 Å². The van der Waals surface area contributed by atoms with Crippen molar-refractivity contribution in [3.63, 3.8) is 0 Å². The van der Waals surface area contributed by atoms with Gasteiger partial charge >= 0.3 is 57.3 Å². The zero-order valence-corrected chi connectivity index (χ0v) is 5.11. The van der Waals surface area contributed by atoms with Gasteiger partial charge in [-0.15, -0.1) is 0 Å². The molecule has 2 nitrogen and oxygen atoms in total. The molecule has 0 radical (unpaired) electrons. The van der Waals surface area contributed by atoms with Crippen molar-refractivity contribution in [2.45, 2.75) is 0 Å². The molecule has 0 saturated carbocycles. The average molecular weight is 131 g/mol. The molecule has 23 valence electrons. The number of hydrogen-bond acceptors (Lipinski definition) is 1. The predicted molar refractivity (Wildman–Crippen MR) is 7.13 cm³/mol. The van der Waals surface area contributed by atoms with Crippen LogP contribution >= 0.6 is 0 Å². The molecule has 4 heteroatoms. The van der Waals surface area contributed by atoms with Crippen molar-refractivity contribution in [3.8, 4) is 0 Å². The topological polar surface area (TPSA) is 45.6 Å². The van der Waals surface area contributed by atoms with Crippen LogP contribution in [0.3, 0.4) is 0 Å². The van der Waals surface area contributed by atoms with Crippen molar-refractivity contribution < 1.29 is 25.0 Å². The van der Waals surface area contributed by atoms with E-state index in [0.717, 1.165) is 0 Å². The van der Waals surface area contributed by atoms with Crippen molar-refractivity contribution in [2.75, 3.05) is 0 Å². The van der Waals surface area contributed by atoms with Crippen LogP contribution in [0, 0.1) is 0 Å². The minimum absolute atomic E-state index is 0. The Balaban J connectivity index is -0.00000000500. The Morgan fingerprint density at radius 3 is 1.25 bits per heavy atom. The Kier molecular flexibility index (Phi) is 107. The summed E-state index contributed by atoms with van der Waals surface area (Å²) in [6.07, 6.45) is 0. The summed E-state index contributed by atoms with van der Waals surface area (Å²) in [5, 5.41) is 0. The van der Waals surface area contributed by atoms with Gasteiger partial charge in [0.15, 0.2) is 0 Å². The number of hydrogen-bond donors (Lipinski definition) is 0.